The molecule has 22 heteroatoms. The molecule has 4 heterocycles. The molecule has 0 radical (unpaired) electrons. The number of amides is 5. The molecule has 1 aromatic carbocycles. The van der Waals surface area contributed by atoms with Crippen LogP contribution in [0.15, 0.2) is 22.7 Å². The Morgan fingerprint density at radius 2 is 1.85 bits per heavy atom. The second-order valence-electron chi connectivity index (χ2n) is 11.1. The van der Waals surface area contributed by atoms with E-state index in [-0.39, 0.29) is 42.3 Å². The number of fused-ring (bicyclic) bond motifs is 1. The van der Waals surface area contributed by atoms with Crippen molar-refractivity contribution in [1.29, 1.82) is 0 Å². The predicted octanol–water partition coefficient (Wildman–Crippen LogP) is -0.219. The Morgan fingerprint density at radius 1 is 1.12 bits per heavy atom. The van der Waals surface area contributed by atoms with Gasteiger partial charge < -0.3 is 41.2 Å². The highest BCUT2D eigenvalue weighted by molar-refractivity contribution is 8.02. The molecule has 2 aromatic rings. The van der Waals surface area contributed by atoms with E-state index in [4.69, 9.17) is 22.2 Å². The van der Waals surface area contributed by atoms with E-state index in [0.717, 1.165) is 45.1 Å². The Labute approximate surface area is 282 Å². The molecule has 4 fully saturated rings. The number of nitrogen functional groups attached to an aromatic ring is 1. The molecule has 3 aliphatic heterocycles. The lowest BCUT2D eigenvalue weighted by molar-refractivity contribution is -0.178. The summed E-state index contributed by atoms with van der Waals surface area (Å²) in [5.41, 5.74) is 5.64. The second kappa shape index (κ2) is 11.9. The predicted molar refractivity (Wildman–Crippen MR) is 165 cm³/mol. The van der Waals surface area contributed by atoms with E-state index in [0.29, 0.717) is 6.42 Å². The van der Waals surface area contributed by atoms with Crippen molar-refractivity contribution in [3.05, 3.63) is 33.8 Å². The molecule has 1 aromatic heterocycles. The number of thioether (sulfide) groups is 1. The number of urea groups is 1. The molecular formula is C26H25ClN8O11S2. The van der Waals surface area contributed by atoms with Crippen LogP contribution in [-0.4, -0.2) is 123 Å². The van der Waals surface area contributed by atoms with Crippen LogP contribution in [-0.2, 0) is 24.0 Å². The van der Waals surface area contributed by atoms with E-state index in [9.17, 15) is 49.2 Å². The first-order valence-corrected chi connectivity index (χ1v) is 16.2. The van der Waals surface area contributed by atoms with Gasteiger partial charge in [0.1, 0.15) is 17.1 Å². The third kappa shape index (κ3) is 5.22. The number of phenolic OH excluding ortho intramolecular Hbond substituents is 2. The first-order valence-electron chi connectivity index (χ1n) is 14.0. The van der Waals surface area contributed by atoms with E-state index in [1.165, 1.54) is 10.3 Å². The van der Waals surface area contributed by atoms with Gasteiger partial charge in [-0.1, -0.05) is 28.5 Å². The van der Waals surface area contributed by atoms with Crippen molar-refractivity contribution in [2.24, 2.45) is 5.16 Å². The number of oxime groups is 1. The lowest BCUT2D eigenvalue weighted by atomic mass is 9.80. The molecular weight excluding hydrogens is 700 g/mol. The Balaban J connectivity index is 1.17. The van der Waals surface area contributed by atoms with Crippen LogP contribution in [0.4, 0.5) is 9.93 Å². The maximum absolute atomic E-state index is 13.4. The summed E-state index contributed by atoms with van der Waals surface area (Å²) in [7, 11) is 0. The number of phenols is 2. The highest BCUT2D eigenvalue weighted by atomic mass is 35.5. The number of aliphatic carboxylic acids is 2. The van der Waals surface area contributed by atoms with E-state index in [1.807, 2.05) is 0 Å². The number of nitrogens with two attached hydrogens (primary N) is 1. The number of nitrogens with zero attached hydrogens (tertiary/aromatic N) is 5. The molecule has 3 atom stereocenters. The number of hydrazine groups is 1. The lowest BCUT2D eigenvalue weighted by Gasteiger charge is -2.41. The quantitative estimate of drug-likeness (QED) is 0.0722. The summed E-state index contributed by atoms with van der Waals surface area (Å²) in [6, 6.07) is -0.0390. The van der Waals surface area contributed by atoms with Gasteiger partial charge in [-0.05, 0) is 18.6 Å². The van der Waals surface area contributed by atoms with Gasteiger partial charge in [0.15, 0.2) is 22.3 Å². The summed E-state index contributed by atoms with van der Waals surface area (Å²) >= 11 is 7.66. The van der Waals surface area contributed by atoms with Crippen molar-refractivity contribution in [2.75, 3.05) is 25.4 Å². The van der Waals surface area contributed by atoms with Crippen LogP contribution >= 0.6 is 34.7 Å². The van der Waals surface area contributed by atoms with Gasteiger partial charge in [0.25, 0.3) is 11.8 Å². The molecule has 0 bridgehead atoms. The van der Waals surface area contributed by atoms with Crippen LogP contribution < -0.4 is 16.5 Å². The molecule has 0 spiro atoms. The molecule has 1 aliphatic carbocycles. The number of carbonyl (C=O) groups excluding carboxylic acids is 4. The standard InChI is InChI=1S/C26H25ClN8O11S2/c27-13-10(2-3-12(36)16(13)37)17(38)31-35-7-6-34(24(35)45)26(22(43)44)9-33-19(40)15(20(33)48-26)30-18(39)14(11-8-47-23(28)29-11)32-46-25(21(41)42)4-1-5-25/h2-3,8,15,20,36-37H,1,4-7,9H2,(H2,28,29)(H,30,39)(H,31,38)(H,41,42)(H,43,44)/b32-14-/t15-,20-,26-/m1/s1. The molecule has 1 saturated carbocycles. The number of rotatable bonds is 10. The van der Waals surface area contributed by atoms with Crippen LogP contribution in [0, 0.1) is 0 Å². The van der Waals surface area contributed by atoms with Crippen molar-refractivity contribution < 1.29 is 54.0 Å². The third-order valence-corrected chi connectivity index (χ3v) is 11.1. The number of halogens is 1. The topological polar surface area (TPSA) is 278 Å². The van der Waals surface area contributed by atoms with Gasteiger partial charge in [0, 0.05) is 24.8 Å². The Bertz CT molecular complexity index is 1800. The molecule has 48 heavy (non-hydrogen) atoms. The summed E-state index contributed by atoms with van der Waals surface area (Å²) in [6.45, 7) is -0.777. The number of anilines is 1. The van der Waals surface area contributed by atoms with E-state index in [1.54, 1.807) is 0 Å². The Hall–Kier alpha value is -5.02. The molecule has 0 unspecified atom stereocenters. The van der Waals surface area contributed by atoms with Crippen LogP contribution in [0.1, 0.15) is 35.3 Å². The summed E-state index contributed by atoms with van der Waals surface area (Å²) in [5, 5.41) is 46.5. The average molecular weight is 725 g/mol. The molecule has 4 aliphatic rings. The van der Waals surface area contributed by atoms with Gasteiger partial charge in [-0.2, -0.15) is 0 Å². The first-order chi connectivity index (χ1) is 22.7. The van der Waals surface area contributed by atoms with Crippen molar-refractivity contribution in [1.82, 2.24) is 30.5 Å². The molecule has 3 saturated heterocycles. The number of aromatic hydroxyl groups is 2. The number of β-lactam (4-membered cyclic amide) rings is 1. The van der Waals surface area contributed by atoms with Crippen molar-refractivity contribution >= 4 is 81.2 Å². The normalized spacial score (nSPS) is 24.4. The largest absolute Gasteiger partial charge is 0.504 e. The molecule has 6 rings (SSSR count). The Morgan fingerprint density at radius 3 is 2.46 bits per heavy atom. The number of hydrogen-bond donors (Lipinski definition) is 7. The number of nitrogens with one attached hydrogen (secondary N) is 2. The number of aromatic nitrogens is 1. The van der Waals surface area contributed by atoms with Crippen molar-refractivity contribution in [3.63, 3.8) is 0 Å². The van der Waals surface area contributed by atoms with Crippen molar-refractivity contribution in [3.8, 4) is 11.5 Å². The van der Waals surface area contributed by atoms with E-state index in [2.05, 4.69) is 20.9 Å². The average Bonchev–Trinajstić information content (AvgIpc) is 3.71. The molecule has 19 nitrogen and oxygen atoms in total. The van der Waals surface area contributed by atoms with Gasteiger partial charge in [0.2, 0.25) is 16.4 Å². The highest BCUT2D eigenvalue weighted by Crippen LogP contribution is 2.49. The molecule has 8 N–H and O–H groups in total. The number of carboxylic acids is 2. The van der Waals surface area contributed by atoms with Crippen LogP contribution in [0.3, 0.4) is 0 Å². The smallest absolute Gasteiger partial charge is 0.350 e. The summed E-state index contributed by atoms with van der Waals surface area (Å²) in [6.07, 6.45) is 0.900. The fourth-order valence-electron chi connectivity index (χ4n) is 5.48. The zero-order chi connectivity index (χ0) is 34.7. The first kappa shape index (κ1) is 32.9. The fraction of sp³-hybridized carbons (Fsp3) is 0.385. The molecule has 254 valence electrons. The monoisotopic (exact) mass is 724 g/mol. The third-order valence-electron chi connectivity index (χ3n) is 8.33. The fourth-order valence-corrected chi connectivity index (χ4v) is 7.91. The zero-order valence-electron chi connectivity index (χ0n) is 24.3. The van der Waals surface area contributed by atoms with Gasteiger partial charge in [-0.25, -0.2) is 24.4 Å². The zero-order valence-corrected chi connectivity index (χ0v) is 26.7. The van der Waals surface area contributed by atoms with Gasteiger partial charge in [0.05, 0.1) is 23.7 Å². The number of carbonyl (C=O) groups is 6. The number of thiazole rings is 1. The van der Waals surface area contributed by atoms with E-state index < -0.39 is 86.4 Å². The number of benzene rings is 1. The highest BCUT2D eigenvalue weighted by Gasteiger charge is 2.66. The SMILES string of the molecule is Nc1nc(/C(=N/OC2(C(=O)O)CCC2)C(=O)N[C@@H]2C(=O)N3C[C@@](C(=O)O)(N4CCN(NC(=O)c5ccc(O)c(O)c5Cl)C4=O)S[C@H]23)cs1. The molecule has 5 amide bonds. The van der Waals surface area contributed by atoms with Crippen LogP contribution in [0.25, 0.3) is 0 Å². The van der Waals surface area contributed by atoms with Gasteiger partial charge in [-0.3, -0.25) is 24.7 Å². The lowest BCUT2D eigenvalue weighted by Crippen LogP contribution is -2.68. The van der Waals surface area contributed by atoms with E-state index >= 15 is 0 Å². The van der Waals surface area contributed by atoms with Gasteiger partial charge in [-0.15, -0.1) is 11.3 Å². The van der Waals surface area contributed by atoms with Crippen LogP contribution in [0.2, 0.25) is 5.02 Å². The Kier molecular flexibility index (Phi) is 8.15. The van der Waals surface area contributed by atoms with Crippen molar-refractivity contribution in [2.45, 2.75) is 41.2 Å². The summed E-state index contributed by atoms with van der Waals surface area (Å²) in [4.78, 5) is 86.7. The van der Waals surface area contributed by atoms with Gasteiger partial charge >= 0.3 is 18.0 Å². The maximum Gasteiger partial charge on any atom is 0.350 e. The van der Waals surface area contributed by atoms with Crippen LogP contribution in [0.5, 0.6) is 11.5 Å². The summed E-state index contributed by atoms with van der Waals surface area (Å²) in [5.74, 6) is -6.57. The minimum atomic E-state index is -2.01. The second-order valence-corrected chi connectivity index (χ2v) is 13.8. The number of carboxylic acid groups (broad SMARTS) is 2. The minimum Gasteiger partial charge on any atom is -0.504 e. The maximum atomic E-state index is 13.4. The number of hydrogen-bond acceptors (Lipinski definition) is 14. The minimum absolute atomic E-state index is 0.0361. The summed E-state index contributed by atoms with van der Waals surface area (Å²) < 4.78 is 0.